The number of H-pyrrole nitrogens is 2. The predicted octanol–water partition coefficient (Wildman–Crippen LogP) is 9.66. The number of halogens is 3. The summed E-state index contributed by atoms with van der Waals surface area (Å²) in [6.45, 7) is 29.8. The lowest BCUT2D eigenvalue weighted by molar-refractivity contribution is -0.137. The van der Waals surface area contributed by atoms with Crippen molar-refractivity contribution < 1.29 is 46.5 Å². The average Bonchev–Trinajstić information content (AvgIpc) is 1.30. The van der Waals surface area contributed by atoms with Gasteiger partial charge in [-0.05, 0) is 145 Å². The Kier molecular flexibility index (Phi) is 29.4. The number of morpholine rings is 1. The summed E-state index contributed by atoms with van der Waals surface area (Å²) in [4.78, 5) is 91.9. The smallest absolute Gasteiger partial charge is 0.418 e. The fourth-order valence-electron chi connectivity index (χ4n) is 19.5. The number of fused-ring (bicyclic) bond motifs is 8. The van der Waals surface area contributed by atoms with Crippen molar-refractivity contribution in [3.63, 3.8) is 0 Å². The number of likely N-dealkylation sites (tertiary alicyclic amines) is 3. The summed E-state index contributed by atoms with van der Waals surface area (Å²) in [5.74, 6) is 2.29. The minimum atomic E-state index is -4.53. The van der Waals surface area contributed by atoms with E-state index in [-0.39, 0.29) is 95.0 Å². The van der Waals surface area contributed by atoms with Crippen LogP contribution in [-0.2, 0) is 64.2 Å². The van der Waals surface area contributed by atoms with Crippen LogP contribution in [-0.4, -0.2) is 286 Å². The first kappa shape index (κ1) is 91.5. The number of alkyl halides is 3. The number of aromatic nitrogens is 10. The van der Waals surface area contributed by atoms with Gasteiger partial charge in [-0.2, -0.15) is 99.0 Å². The van der Waals surface area contributed by atoms with Crippen LogP contribution in [0.25, 0.3) is 32.6 Å². The second-order valence-corrected chi connectivity index (χ2v) is 33.6. The molecule has 0 spiro atoms. The zero-order chi connectivity index (χ0) is 85.0. The average molecular weight is 1780 g/mol. The molecule has 15 heterocycles. The largest absolute Gasteiger partial charge is 0.463 e. The number of carbonyl (C=O) groups excluding carboxylic acids is 3. The van der Waals surface area contributed by atoms with Gasteiger partial charge in [-0.25, -0.2) is 0 Å². The quantitative estimate of drug-likeness (QED) is 0.0500. The van der Waals surface area contributed by atoms with E-state index in [1.165, 1.54) is 70.2 Å². The van der Waals surface area contributed by atoms with Gasteiger partial charge in [0.05, 0.1) is 115 Å². The number of benzene rings is 4. The molecule has 9 aromatic rings. The Balaban J connectivity index is 0.000000152. The third-order valence-electron chi connectivity index (χ3n) is 26.2. The number of nitrogens with one attached hydrogen (secondary N) is 2. The molecule has 3 amide bonds. The standard InChI is InChI=1S/C34H39N7O3.C28H33F3N8O2.C28H36N8O2.3H2S/c1-2-32(42)41-17-16-40(20-25(41)11-13-35)33-29-12-15-39(31-10-5-8-24-7-3-4-9-28(24)31)22-30(29)36-34(37-33)43-18-6-14-38-21-27-19-26(38)23-44-27;1-3-24(40)37-11-13-38(14-12-37)26-19-8-10-39(25-20-15-32-35-22(20)7-6-21(25)28(29,30)31)16-23(19)33-27(34-26)41-17-18-5-4-9-36(18)2;1-4-25(37)34-12-14-35(15-13-34)27-21-9-11-36(26-19(2)7-8-23-22(26)16-29-32-23)17-24(21)30-28(31-27)38-18-20-6-5-10-33(20)3;;;/h2-5,7-10,25-27H,1,6,11-12,14-23H2;3,6-7,15,18H,1,4-5,8-14,16-17H2,2H3,(H,32,35);4,7-8,16,20H,1,5-6,9-15,17-18H2,2-3H3,(H,29,32);3*1H2/t25?,26-,27-;18-;20-;;;/m000.../s1. The molecule has 10 aliphatic rings. The van der Waals surface area contributed by atoms with Gasteiger partial charge in [0.2, 0.25) is 17.7 Å². The highest BCUT2D eigenvalue weighted by Gasteiger charge is 2.42. The molecule has 7 fully saturated rings. The van der Waals surface area contributed by atoms with E-state index in [4.69, 9.17) is 48.9 Å². The van der Waals surface area contributed by atoms with Crippen LogP contribution in [0.5, 0.6) is 18.0 Å². The van der Waals surface area contributed by atoms with Crippen LogP contribution < -0.4 is 43.6 Å². The molecule has 0 aliphatic carbocycles. The van der Waals surface area contributed by atoms with Gasteiger partial charge >= 0.3 is 24.2 Å². The van der Waals surface area contributed by atoms with Gasteiger partial charge < -0.3 is 72.8 Å². The third kappa shape index (κ3) is 19.7. The monoisotopic (exact) mass is 1780 g/mol. The van der Waals surface area contributed by atoms with E-state index in [0.29, 0.717) is 152 Å². The van der Waals surface area contributed by atoms with Gasteiger partial charge in [0.15, 0.2) is 0 Å². The first-order valence-corrected chi connectivity index (χ1v) is 43.3. The highest BCUT2D eigenvalue weighted by molar-refractivity contribution is 7.59. The molecule has 7 saturated heterocycles. The van der Waals surface area contributed by atoms with Crippen molar-refractivity contribution in [3.8, 4) is 24.1 Å². The summed E-state index contributed by atoms with van der Waals surface area (Å²) >= 11 is 0. The van der Waals surface area contributed by atoms with E-state index in [1.807, 2.05) is 11.1 Å². The Morgan fingerprint density at radius 1 is 0.556 bits per heavy atom. The SMILES string of the molecule is C=CC(=O)N1CCN(c2nc(OCCCN3C[C@@H]4C[C@H]3CO4)nc3c2CCN(c2cccc4ccccc24)C3)CC1CC#N.C=CC(=O)N1CCN(c2nc(OC[C@@H]3CCCN3C)nc3c2CCN(c2c(C(F)(F)F)ccc4[nH]ncc24)C3)CC1.C=CC(=O)N1CCN(c2nc(OC[C@@H]3CCCN3C)nc3c2CCN(c2c(C)ccc4[nH]ncc24)C3)CC1.S.S.S. The number of ether oxygens (including phenoxy) is 4. The third-order valence-corrected chi connectivity index (χ3v) is 26.2. The van der Waals surface area contributed by atoms with E-state index in [0.717, 1.165) is 161 Å². The fourth-order valence-corrected chi connectivity index (χ4v) is 19.5. The molecule has 19 rings (SSSR count). The number of amides is 3. The van der Waals surface area contributed by atoms with Crippen molar-refractivity contribution in [2.75, 3.05) is 188 Å². The molecule has 0 radical (unpaired) electrons. The lowest BCUT2D eigenvalue weighted by Gasteiger charge is -2.42. The maximum atomic E-state index is 14.2. The number of rotatable bonds is 21. The highest BCUT2D eigenvalue weighted by Crippen LogP contribution is 2.45. The van der Waals surface area contributed by atoms with Crippen molar-refractivity contribution >= 4 is 125 Å². The molecule has 5 atom stereocenters. The number of anilines is 6. The van der Waals surface area contributed by atoms with Crippen LogP contribution in [0.15, 0.2) is 117 Å². The van der Waals surface area contributed by atoms with Crippen molar-refractivity contribution in [1.29, 1.82) is 5.26 Å². The first-order valence-electron chi connectivity index (χ1n) is 43.3. The van der Waals surface area contributed by atoms with Gasteiger partial charge in [-0.3, -0.25) is 29.5 Å². The molecule has 2 N–H and O–H groups in total. The summed E-state index contributed by atoms with van der Waals surface area (Å²) in [6, 6.07) is 26.0. The van der Waals surface area contributed by atoms with Gasteiger partial charge in [0.25, 0.3) is 0 Å². The number of nitriles is 1. The normalized spacial score (nSPS) is 20.6. The second kappa shape index (κ2) is 40.5. The maximum absolute atomic E-state index is 14.2. The van der Waals surface area contributed by atoms with E-state index in [1.54, 1.807) is 14.7 Å². The number of aryl methyl sites for hydroxylation is 1. The molecule has 4 aromatic carbocycles. The van der Waals surface area contributed by atoms with E-state index >= 15 is 0 Å². The molecule has 36 heteroatoms. The van der Waals surface area contributed by atoms with Crippen LogP contribution in [0, 0.1) is 18.3 Å². The molecule has 2 bridgehead atoms. The van der Waals surface area contributed by atoms with Gasteiger partial charge in [0.1, 0.15) is 30.7 Å². The van der Waals surface area contributed by atoms with Crippen LogP contribution >= 0.6 is 40.5 Å². The van der Waals surface area contributed by atoms with Gasteiger partial charge in [-0.15, -0.1) is 0 Å². The molecule has 1 unspecified atom stereocenters. The molecule has 30 nitrogen and oxygen atoms in total. The topological polar surface area (TPSA) is 286 Å². The van der Waals surface area contributed by atoms with Crippen molar-refractivity contribution in [2.24, 2.45) is 0 Å². The first-order chi connectivity index (χ1) is 59.8. The molecule has 10 aliphatic heterocycles. The van der Waals surface area contributed by atoms with E-state index in [9.17, 15) is 32.8 Å². The number of piperazine rings is 3. The minimum absolute atomic E-state index is 0. The Labute approximate surface area is 753 Å². The fraction of sp³-hybridized carbons (Fsp3) is 0.489. The summed E-state index contributed by atoms with van der Waals surface area (Å²) in [5, 5.41) is 27.7. The lowest BCUT2D eigenvalue weighted by Crippen LogP contribution is -2.55. The number of hydrogen-bond donors (Lipinski definition) is 2. The number of likely N-dealkylation sites (N-methyl/N-ethyl adjacent to an activating group) is 2. The molecule has 126 heavy (non-hydrogen) atoms. The zero-order valence-corrected chi connectivity index (χ0v) is 74.9. The Morgan fingerprint density at radius 3 is 1.59 bits per heavy atom. The highest BCUT2D eigenvalue weighted by atomic mass is 32.1. The Hall–Kier alpha value is -10.7. The lowest BCUT2D eigenvalue weighted by atomic mass is 10.0. The van der Waals surface area contributed by atoms with Crippen LogP contribution in [0.4, 0.5) is 47.7 Å². The summed E-state index contributed by atoms with van der Waals surface area (Å²) in [5.41, 5.74) is 10.5. The number of hydrogen-bond acceptors (Lipinski definition) is 25. The maximum Gasteiger partial charge on any atom is 0.418 e. The Morgan fingerprint density at radius 2 is 1.06 bits per heavy atom. The van der Waals surface area contributed by atoms with Crippen LogP contribution in [0.2, 0.25) is 0 Å². The molecular formula is C90H114F3N23O7S3. The summed E-state index contributed by atoms with van der Waals surface area (Å²) in [6.07, 6.45) is 12.1. The number of carbonyl (C=O) groups is 3. The van der Waals surface area contributed by atoms with Crippen molar-refractivity contribution in [1.82, 2.24) is 79.7 Å². The molecule has 670 valence electrons. The van der Waals surface area contributed by atoms with E-state index < -0.39 is 11.7 Å². The zero-order valence-electron chi connectivity index (χ0n) is 71.9. The molecular weight excluding hydrogens is 1670 g/mol. The second-order valence-electron chi connectivity index (χ2n) is 33.6. The summed E-state index contributed by atoms with van der Waals surface area (Å²) < 4.78 is 66.8. The molecule has 5 aromatic heterocycles. The van der Waals surface area contributed by atoms with Gasteiger partial charge in [-0.1, -0.05) is 62.2 Å². The predicted molar refractivity (Wildman–Crippen MR) is 496 cm³/mol. The van der Waals surface area contributed by atoms with Crippen LogP contribution in [0.3, 0.4) is 0 Å². The minimum Gasteiger partial charge on any atom is -0.463 e. The Bertz CT molecular complexity index is 5450. The molecule has 0 saturated carbocycles. The number of nitrogens with zero attached hydrogens (tertiary/aromatic N) is 21. The van der Waals surface area contributed by atoms with Gasteiger partial charge in [0, 0.05) is 161 Å². The van der Waals surface area contributed by atoms with Crippen LogP contribution in [0.1, 0.15) is 89.8 Å². The van der Waals surface area contributed by atoms with Crippen molar-refractivity contribution in [3.05, 3.63) is 162 Å². The summed E-state index contributed by atoms with van der Waals surface area (Å²) in [7, 11) is 4.22. The number of aromatic amines is 2. The van der Waals surface area contributed by atoms with E-state index in [2.05, 4.69) is 161 Å². The van der Waals surface area contributed by atoms with Crippen molar-refractivity contribution in [2.45, 2.75) is 127 Å².